The molecular weight excluding hydrogens is 336 g/mol. The Morgan fingerprint density at radius 2 is 1.44 bits per heavy atom. The molecule has 0 saturated carbocycles. The second-order valence-electron chi connectivity index (χ2n) is 6.34. The molecule has 2 N–H and O–H groups in total. The second kappa shape index (κ2) is 14.3. The Bertz CT molecular complexity index is 540. The summed E-state index contributed by atoms with van der Waals surface area (Å²) in [5.41, 5.74) is 0.762. The highest BCUT2D eigenvalue weighted by Crippen LogP contribution is 2.30. The first-order chi connectivity index (χ1) is 11.9. The molecular formula is C20H36O4S. The van der Waals surface area contributed by atoms with Gasteiger partial charge in [-0.05, 0) is 37.3 Å². The minimum absolute atomic E-state index is 0.0739. The molecule has 0 bridgehead atoms. The zero-order valence-corrected chi connectivity index (χ0v) is 16.9. The summed E-state index contributed by atoms with van der Waals surface area (Å²) in [6.45, 7) is 6.23. The molecule has 4 nitrogen and oxygen atoms in total. The van der Waals surface area contributed by atoms with Crippen molar-refractivity contribution in [3.8, 4) is 0 Å². The smallest absolute Gasteiger partial charge is 0.294 e. The van der Waals surface area contributed by atoms with E-state index >= 15 is 0 Å². The molecule has 1 rings (SSSR count). The fourth-order valence-electron chi connectivity index (χ4n) is 2.98. The molecule has 0 fully saturated rings. The molecule has 1 unspecified atom stereocenters. The van der Waals surface area contributed by atoms with Crippen LogP contribution in [0.15, 0.2) is 29.2 Å². The Labute approximate surface area is 154 Å². The van der Waals surface area contributed by atoms with Crippen molar-refractivity contribution < 1.29 is 18.1 Å². The molecule has 0 aliphatic rings. The first-order valence-electron chi connectivity index (χ1n) is 9.59. The van der Waals surface area contributed by atoms with Crippen LogP contribution in [0.5, 0.6) is 0 Å². The summed E-state index contributed by atoms with van der Waals surface area (Å²) in [5, 5.41) is 7.57. The van der Waals surface area contributed by atoms with Crippen LogP contribution >= 0.6 is 0 Å². The van der Waals surface area contributed by atoms with Gasteiger partial charge in [-0.15, -0.1) is 0 Å². The largest absolute Gasteiger partial charge is 0.397 e. The fraction of sp³-hybridized carbons (Fsp3) is 0.700. The summed E-state index contributed by atoms with van der Waals surface area (Å²) >= 11 is 0. The molecule has 25 heavy (non-hydrogen) atoms. The highest BCUT2D eigenvalue weighted by Gasteiger charge is 2.20. The molecule has 5 heteroatoms. The Hall–Kier alpha value is -0.910. The number of benzene rings is 1. The number of hydrogen-bond acceptors (Lipinski definition) is 3. The van der Waals surface area contributed by atoms with Crippen LogP contribution < -0.4 is 0 Å². The van der Waals surface area contributed by atoms with Gasteiger partial charge in [0.25, 0.3) is 10.1 Å². The van der Waals surface area contributed by atoms with Crippen molar-refractivity contribution in [2.45, 2.75) is 89.4 Å². The van der Waals surface area contributed by atoms with Crippen molar-refractivity contribution in [2.75, 3.05) is 6.61 Å². The highest BCUT2D eigenvalue weighted by molar-refractivity contribution is 7.85. The van der Waals surface area contributed by atoms with Crippen LogP contribution in [0, 0.1) is 0 Å². The number of aliphatic hydroxyl groups is 1. The van der Waals surface area contributed by atoms with Gasteiger partial charge in [-0.2, -0.15) is 8.42 Å². The van der Waals surface area contributed by atoms with Crippen LogP contribution in [0.3, 0.4) is 0 Å². The van der Waals surface area contributed by atoms with Gasteiger partial charge < -0.3 is 5.11 Å². The molecule has 1 aromatic carbocycles. The van der Waals surface area contributed by atoms with Crippen LogP contribution in [0.25, 0.3) is 0 Å². The normalized spacial score (nSPS) is 12.4. The van der Waals surface area contributed by atoms with Crippen molar-refractivity contribution >= 4 is 10.1 Å². The van der Waals surface area contributed by atoms with E-state index in [1.54, 1.807) is 13.0 Å². The molecule has 146 valence electrons. The Morgan fingerprint density at radius 1 is 0.920 bits per heavy atom. The minimum Gasteiger partial charge on any atom is -0.397 e. The van der Waals surface area contributed by atoms with Gasteiger partial charge in [-0.1, -0.05) is 77.0 Å². The van der Waals surface area contributed by atoms with E-state index in [-0.39, 0.29) is 17.4 Å². The molecule has 0 radical (unpaired) electrons. The molecule has 0 heterocycles. The van der Waals surface area contributed by atoms with E-state index in [1.165, 1.54) is 44.6 Å². The topological polar surface area (TPSA) is 74.6 Å². The highest BCUT2D eigenvalue weighted by atomic mass is 32.2. The average Bonchev–Trinajstić information content (AvgIpc) is 2.57. The first-order valence-corrected chi connectivity index (χ1v) is 11.0. The maximum atomic E-state index is 11.5. The monoisotopic (exact) mass is 372 g/mol. The van der Waals surface area contributed by atoms with Crippen molar-refractivity contribution in [2.24, 2.45) is 0 Å². The summed E-state index contributed by atoms with van der Waals surface area (Å²) in [5.74, 6) is 0.203. The Kier molecular flexibility index (Phi) is 13.8. The third kappa shape index (κ3) is 10.6. The van der Waals surface area contributed by atoms with Crippen molar-refractivity contribution in [1.82, 2.24) is 0 Å². The molecule has 0 amide bonds. The van der Waals surface area contributed by atoms with Crippen LogP contribution in [0.4, 0.5) is 0 Å². The summed E-state index contributed by atoms with van der Waals surface area (Å²) in [7, 11) is -4.13. The molecule has 1 aromatic rings. The van der Waals surface area contributed by atoms with Crippen molar-refractivity contribution in [3.63, 3.8) is 0 Å². The Morgan fingerprint density at radius 3 is 1.96 bits per heavy atom. The van der Waals surface area contributed by atoms with Gasteiger partial charge in [0.05, 0.1) is 4.90 Å². The molecule has 0 aliphatic carbocycles. The van der Waals surface area contributed by atoms with Gasteiger partial charge in [0.2, 0.25) is 0 Å². The Balaban J connectivity index is 0.00000178. The third-order valence-electron chi connectivity index (χ3n) is 4.29. The molecule has 0 aliphatic heterocycles. The minimum atomic E-state index is -4.13. The van der Waals surface area contributed by atoms with E-state index in [0.29, 0.717) is 0 Å². The van der Waals surface area contributed by atoms with Crippen LogP contribution in [-0.4, -0.2) is 24.7 Å². The van der Waals surface area contributed by atoms with Gasteiger partial charge in [-0.3, -0.25) is 4.55 Å². The standard InChI is InChI=1S/C18H30O3S.C2H6O/c1-3-5-6-7-8-9-10-13-16(4-2)17-14-11-12-15-18(17)22(19,20)21;1-2-3/h11-12,14-16H,3-10,13H2,1-2H3,(H,19,20,21);3H,2H2,1H3. The average molecular weight is 373 g/mol. The maximum absolute atomic E-state index is 11.5. The number of aliphatic hydroxyl groups excluding tert-OH is 1. The fourth-order valence-corrected chi connectivity index (χ4v) is 3.76. The van der Waals surface area contributed by atoms with E-state index in [4.69, 9.17) is 5.11 Å². The van der Waals surface area contributed by atoms with E-state index in [1.807, 2.05) is 12.1 Å². The van der Waals surface area contributed by atoms with Gasteiger partial charge in [-0.25, -0.2) is 0 Å². The summed E-state index contributed by atoms with van der Waals surface area (Å²) in [4.78, 5) is 0.0739. The summed E-state index contributed by atoms with van der Waals surface area (Å²) < 4.78 is 32.4. The number of hydrogen-bond donors (Lipinski definition) is 2. The van der Waals surface area contributed by atoms with Gasteiger partial charge >= 0.3 is 0 Å². The summed E-state index contributed by atoms with van der Waals surface area (Å²) in [6.07, 6.45) is 10.7. The quantitative estimate of drug-likeness (QED) is 0.393. The van der Waals surface area contributed by atoms with E-state index < -0.39 is 10.1 Å². The van der Waals surface area contributed by atoms with E-state index in [0.717, 1.165) is 24.8 Å². The van der Waals surface area contributed by atoms with Crippen LogP contribution in [0.1, 0.15) is 90.0 Å². The molecule has 1 atom stereocenters. The lowest BCUT2D eigenvalue weighted by atomic mass is 9.90. The lowest BCUT2D eigenvalue weighted by Gasteiger charge is -2.18. The lowest BCUT2D eigenvalue weighted by Crippen LogP contribution is -2.07. The summed E-state index contributed by atoms with van der Waals surface area (Å²) in [6, 6.07) is 6.83. The van der Waals surface area contributed by atoms with Gasteiger partial charge in [0, 0.05) is 6.61 Å². The third-order valence-corrected chi connectivity index (χ3v) is 5.21. The predicted molar refractivity (Wildman–Crippen MR) is 105 cm³/mol. The SMILES string of the molecule is CCCCCCCCCC(CC)c1ccccc1S(=O)(=O)O.CCO. The maximum Gasteiger partial charge on any atom is 0.294 e. The van der Waals surface area contributed by atoms with Crippen molar-refractivity contribution in [3.05, 3.63) is 29.8 Å². The zero-order valence-electron chi connectivity index (χ0n) is 16.1. The number of unbranched alkanes of at least 4 members (excludes halogenated alkanes) is 6. The molecule has 0 saturated heterocycles. The zero-order chi connectivity index (χ0) is 19.1. The van der Waals surface area contributed by atoms with Crippen LogP contribution in [0.2, 0.25) is 0 Å². The lowest BCUT2D eigenvalue weighted by molar-refractivity contribution is 0.318. The number of rotatable bonds is 11. The van der Waals surface area contributed by atoms with E-state index in [2.05, 4.69) is 13.8 Å². The van der Waals surface area contributed by atoms with Crippen LogP contribution in [-0.2, 0) is 10.1 Å². The van der Waals surface area contributed by atoms with Gasteiger partial charge in [0.1, 0.15) is 0 Å². The first kappa shape index (κ1) is 24.1. The van der Waals surface area contributed by atoms with E-state index in [9.17, 15) is 13.0 Å². The van der Waals surface area contributed by atoms with Gasteiger partial charge in [0.15, 0.2) is 0 Å². The second-order valence-corrected chi connectivity index (χ2v) is 7.73. The predicted octanol–water partition coefficient (Wildman–Crippen LogP) is 5.57. The molecule has 0 spiro atoms. The van der Waals surface area contributed by atoms with Crippen molar-refractivity contribution in [1.29, 1.82) is 0 Å². The molecule has 0 aromatic heterocycles.